The summed E-state index contributed by atoms with van der Waals surface area (Å²) in [6, 6.07) is 4.69. The molecule has 1 aliphatic heterocycles. The number of H-pyrrole nitrogens is 1. The van der Waals surface area contributed by atoms with E-state index in [1.165, 1.54) is 12.1 Å². The second-order valence-electron chi connectivity index (χ2n) is 5.55. The number of aromatic amines is 1. The van der Waals surface area contributed by atoms with Gasteiger partial charge in [-0.3, -0.25) is 9.59 Å². The average Bonchev–Trinajstić information content (AvgIpc) is 2.96. The van der Waals surface area contributed by atoms with Gasteiger partial charge in [0.05, 0.1) is 0 Å². The molecular formula is C15H17N5O2. The van der Waals surface area contributed by atoms with Crippen LogP contribution in [-0.4, -0.2) is 44.1 Å². The molecule has 114 valence electrons. The van der Waals surface area contributed by atoms with Gasteiger partial charge in [-0.15, -0.1) is 0 Å². The summed E-state index contributed by atoms with van der Waals surface area (Å²) in [4.78, 5) is 34.1. The van der Waals surface area contributed by atoms with Crippen LogP contribution < -0.4 is 5.56 Å². The van der Waals surface area contributed by atoms with E-state index in [-0.39, 0.29) is 23.1 Å². The number of carbonyl (C=O) groups is 1. The molecule has 0 saturated carbocycles. The monoisotopic (exact) mass is 299 g/mol. The lowest BCUT2D eigenvalue weighted by Crippen LogP contribution is -2.30. The van der Waals surface area contributed by atoms with E-state index in [9.17, 15) is 9.59 Å². The molecule has 7 nitrogen and oxygen atoms in total. The minimum Gasteiger partial charge on any atom is -0.336 e. The highest BCUT2D eigenvalue weighted by atomic mass is 16.2. The van der Waals surface area contributed by atoms with Crippen LogP contribution in [0.3, 0.4) is 0 Å². The number of nitrogens with one attached hydrogen (secondary N) is 1. The highest BCUT2D eigenvalue weighted by molar-refractivity contribution is 5.92. The van der Waals surface area contributed by atoms with Crippen molar-refractivity contribution in [2.75, 3.05) is 13.1 Å². The Morgan fingerprint density at radius 3 is 2.64 bits per heavy atom. The van der Waals surface area contributed by atoms with Crippen molar-refractivity contribution in [1.29, 1.82) is 0 Å². The van der Waals surface area contributed by atoms with Gasteiger partial charge in [-0.05, 0) is 32.4 Å². The van der Waals surface area contributed by atoms with Gasteiger partial charge in [0.1, 0.15) is 11.5 Å². The lowest BCUT2D eigenvalue weighted by atomic mass is 10.1. The highest BCUT2D eigenvalue weighted by Gasteiger charge is 2.30. The van der Waals surface area contributed by atoms with Crippen LogP contribution in [-0.2, 0) is 0 Å². The van der Waals surface area contributed by atoms with Crippen LogP contribution in [0.1, 0.15) is 40.0 Å². The Morgan fingerprint density at radius 2 is 2.00 bits per heavy atom. The number of hydrogen-bond donors (Lipinski definition) is 1. The van der Waals surface area contributed by atoms with Crippen molar-refractivity contribution in [3.05, 3.63) is 51.5 Å². The molecule has 1 saturated heterocycles. The van der Waals surface area contributed by atoms with Crippen molar-refractivity contribution in [3.8, 4) is 0 Å². The zero-order chi connectivity index (χ0) is 15.7. The van der Waals surface area contributed by atoms with Gasteiger partial charge >= 0.3 is 0 Å². The Kier molecular flexibility index (Phi) is 3.70. The fourth-order valence-corrected chi connectivity index (χ4v) is 2.72. The number of aryl methyl sites for hydroxylation is 2. The van der Waals surface area contributed by atoms with Crippen LogP contribution in [0.5, 0.6) is 0 Å². The number of hydrogen-bond acceptors (Lipinski definition) is 5. The van der Waals surface area contributed by atoms with E-state index >= 15 is 0 Å². The molecule has 3 heterocycles. The number of rotatable bonds is 2. The number of aromatic nitrogens is 4. The van der Waals surface area contributed by atoms with Gasteiger partial charge in [0.15, 0.2) is 0 Å². The normalized spacial score (nSPS) is 17.7. The summed E-state index contributed by atoms with van der Waals surface area (Å²) in [6.45, 7) is 5.10. The maximum atomic E-state index is 12.4. The van der Waals surface area contributed by atoms with Crippen molar-refractivity contribution in [2.24, 2.45) is 0 Å². The van der Waals surface area contributed by atoms with Gasteiger partial charge in [0.25, 0.3) is 11.5 Å². The van der Waals surface area contributed by atoms with Crippen LogP contribution in [0, 0.1) is 13.8 Å². The molecule has 1 atom stereocenters. The van der Waals surface area contributed by atoms with Crippen molar-refractivity contribution in [3.63, 3.8) is 0 Å². The molecule has 0 aromatic carbocycles. The predicted octanol–water partition coefficient (Wildman–Crippen LogP) is 0.806. The molecule has 1 aliphatic rings. The summed E-state index contributed by atoms with van der Waals surface area (Å²) >= 11 is 0. The minimum atomic E-state index is -0.320. The molecule has 0 aliphatic carbocycles. The van der Waals surface area contributed by atoms with Crippen LogP contribution in [0.25, 0.3) is 0 Å². The van der Waals surface area contributed by atoms with E-state index in [1.807, 2.05) is 19.9 Å². The average molecular weight is 299 g/mol. The summed E-state index contributed by atoms with van der Waals surface area (Å²) < 4.78 is 0. The van der Waals surface area contributed by atoms with Crippen LogP contribution in [0.15, 0.2) is 23.0 Å². The number of carbonyl (C=O) groups excluding carboxylic acids is 1. The van der Waals surface area contributed by atoms with E-state index in [0.29, 0.717) is 13.1 Å². The smallest absolute Gasteiger partial charge is 0.274 e. The second kappa shape index (κ2) is 5.67. The molecule has 1 N–H and O–H groups in total. The first-order valence-corrected chi connectivity index (χ1v) is 7.20. The second-order valence-corrected chi connectivity index (χ2v) is 5.55. The fourth-order valence-electron chi connectivity index (χ4n) is 2.72. The molecule has 1 amide bonds. The maximum Gasteiger partial charge on any atom is 0.274 e. The lowest BCUT2D eigenvalue weighted by molar-refractivity contribution is 0.0783. The Labute approximate surface area is 127 Å². The molecule has 2 aromatic rings. The summed E-state index contributed by atoms with van der Waals surface area (Å²) in [6.07, 6.45) is 0.831. The van der Waals surface area contributed by atoms with Gasteiger partial charge in [0, 0.05) is 36.5 Å². The van der Waals surface area contributed by atoms with Gasteiger partial charge in [-0.2, -0.15) is 5.10 Å². The summed E-state index contributed by atoms with van der Waals surface area (Å²) in [5.41, 5.74) is 1.81. The van der Waals surface area contributed by atoms with Crippen molar-refractivity contribution >= 4 is 5.91 Å². The molecule has 1 unspecified atom stereocenters. The van der Waals surface area contributed by atoms with E-state index in [0.717, 1.165) is 23.6 Å². The Hall–Kier alpha value is -2.57. The standard InChI is InChI=1S/C15H17N5O2/c1-9-7-10(2)17-14(16-9)11-5-6-20(8-11)15(22)12-3-4-13(21)19-18-12/h3-4,7,11H,5-6,8H2,1-2H3,(H,19,21). The lowest BCUT2D eigenvalue weighted by Gasteiger charge is -2.15. The SMILES string of the molecule is Cc1cc(C)nc(C2CCN(C(=O)c3ccc(=O)[nH]n3)C2)n1. The molecule has 0 spiro atoms. The molecule has 2 aromatic heterocycles. The molecule has 1 fully saturated rings. The van der Waals surface area contributed by atoms with Crippen LogP contribution in [0.4, 0.5) is 0 Å². The Morgan fingerprint density at radius 1 is 1.27 bits per heavy atom. The largest absolute Gasteiger partial charge is 0.336 e. The van der Waals surface area contributed by atoms with Gasteiger partial charge in [0.2, 0.25) is 0 Å². The van der Waals surface area contributed by atoms with Gasteiger partial charge in [-0.25, -0.2) is 15.1 Å². The summed E-state index contributed by atoms with van der Waals surface area (Å²) in [5.74, 6) is 0.760. The van der Waals surface area contributed by atoms with Gasteiger partial charge in [-0.1, -0.05) is 0 Å². The van der Waals surface area contributed by atoms with Crippen molar-refractivity contribution < 1.29 is 4.79 Å². The zero-order valence-electron chi connectivity index (χ0n) is 12.5. The first kappa shape index (κ1) is 14.4. The zero-order valence-corrected chi connectivity index (χ0v) is 12.5. The first-order valence-electron chi connectivity index (χ1n) is 7.20. The van der Waals surface area contributed by atoms with Crippen molar-refractivity contribution in [2.45, 2.75) is 26.2 Å². The first-order chi connectivity index (χ1) is 10.5. The van der Waals surface area contributed by atoms with Crippen LogP contribution >= 0.6 is 0 Å². The molecular weight excluding hydrogens is 282 g/mol. The van der Waals surface area contributed by atoms with E-state index < -0.39 is 0 Å². The topological polar surface area (TPSA) is 91.8 Å². The van der Waals surface area contributed by atoms with E-state index in [4.69, 9.17) is 0 Å². The van der Waals surface area contributed by atoms with Gasteiger partial charge < -0.3 is 4.90 Å². The molecule has 22 heavy (non-hydrogen) atoms. The molecule has 0 bridgehead atoms. The summed E-state index contributed by atoms with van der Waals surface area (Å²) in [7, 11) is 0. The van der Waals surface area contributed by atoms with E-state index in [2.05, 4.69) is 20.2 Å². The maximum absolute atomic E-state index is 12.4. The number of amides is 1. The predicted molar refractivity (Wildman–Crippen MR) is 79.6 cm³/mol. The summed E-state index contributed by atoms with van der Waals surface area (Å²) in [5, 5.41) is 6.07. The van der Waals surface area contributed by atoms with E-state index in [1.54, 1.807) is 4.90 Å². The third kappa shape index (κ3) is 2.88. The Bertz CT molecular complexity index is 730. The minimum absolute atomic E-state index is 0.144. The Balaban J connectivity index is 1.75. The molecule has 3 rings (SSSR count). The number of likely N-dealkylation sites (tertiary alicyclic amines) is 1. The molecule has 0 radical (unpaired) electrons. The van der Waals surface area contributed by atoms with Crippen molar-refractivity contribution in [1.82, 2.24) is 25.1 Å². The highest BCUT2D eigenvalue weighted by Crippen LogP contribution is 2.25. The third-order valence-electron chi connectivity index (χ3n) is 3.74. The quantitative estimate of drug-likeness (QED) is 0.886. The molecule has 7 heteroatoms. The third-order valence-corrected chi connectivity index (χ3v) is 3.74. The fraction of sp³-hybridized carbons (Fsp3) is 0.400. The van der Waals surface area contributed by atoms with Crippen LogP contribution in [0.2, 0.25) is 0 Å². The number of nitrogens with zero attached hydrogens (tertiary/aromatic N) is 4.